The fourth-order valence-corrected chi connectivity index (χ4v) is 6.77. The van der Waals surface area contributed by atoms with E-state index in [0.29, 0.717) is 12.8 Å². The Balaban J connectivity index is 1.79. The molecule has 3 fully saturated rings. The van der Waals surface area contributed by atoms with Gasteiger partial charge in [-0.15, -0.1) is 0 Å². The molecule has 2 saturated carbocycles. The zero-order valence-corrected chi connectivity index (χ0v) is 23.5. The number of esters is 3. The highest BCUT2D eigenvalue weighted by Crippen LogP contribution is 2.61. The molecular weight excluding hydrogens is 476 g/mol. The SMILES string of the molecule is CCCCC[C@@H](/C=C/[C@@H]1[C@H]2C[C@]3(CCCCC(=O)OC)OC(C)(C)O[C@@H]3[C@H]2C[C@H]1OC(C)=O)OC(C)=O. The van der Waals surface area contributed by atoms with Gasteiger partial charge in [0.05, 0.1) is 18.8 Å². The molecule has 37 heavy (non-hydrogen) atoms. The molecule has 3 rings (SSSR count). The van der Waals surface area contributed by atoms with Gasteiger partial charge in [0.1, 0.15) is 12.2 Å². The predicted octanol–water partition coefficient (Wildman–Crippen LogP) is 5.27. The van der Waals surface area contributed by atoms with Crippen molar-refractivity contribution in [3.05, 3.63) is 12.2 Å². The van der Waals surface area contributed by atoms with E-state index in [9.17, 15) is 14.4 Å². The largest absolute Gasteiger partial charge is 0.469 e. The van der Waals surface area contributed by atoms with Crippen molar-refractivity contribution >= 4 is 17.9 Å². The fourth-order valence-electron chi connectivity index (χ4n) is 6.77. The molecule has 0 amide bonds. The Morgan fingerprint density at radius 2 is 1.81 bits per heavy atom. The molecule has 0 aromatic rings. The number of carbonyl (C=O) groups is 3. The van der Waals surface area contributed by atoms with Gasteiger partial charge in [0.15, 0.2) is 5.79 Å². The van der Waals surface area contributed by atoms with Crippen molar-refractivity contribution in [3.63, 3.8) is 0 Å². The summed E-state index contributed by atoms with van der Waals surface area (Å²) >= 11 is 0. The Labute approximate surface area is 221 Å². The van der Waals surface area contributed by atoms with Crippen molar-refractivity contribution in [2.45, 2.75) is 129 Å². The number of carbonyl (C=O) groups excluding carboxylic acids is 3. The third kappa shape index (κ3) is 7.56. The molecule has 0 radical (unpaired) electrons. The first kappa shape index (κ1) is 29.6. The summed E-state index contributed by atoms with van der Waals surface area (Å²) in [6, 6.07) is 0. The standard InChI is InChI=1S/C29H46O8/c1-7-8-9-12-21(34-19(2)30)14-15-22-24-18-29(16-11-10-13-26(32)33-6)27(36-28(4,5)37-29)23(24)17-25(22)35-20(3)31/h14-15,21-25,27H,7-13,16-18H2,1-6H3/b15-14+/t21-,22+,23-,24+,25+,27+,29-/m0/s1. The minimum Gasteiger partial charge on any atom is -0.469 e. The summed E-state index contributed by atoms with van der Waals surface area (Å²) in [5.74, 6) is -1.08. The van der Waals surface area contributed by atoms with Gasteiger partial charge in [-0.05, 0) is 76.7 Å². The maximum absolute atomic E-state index is 12.0. The molecule has 1 heterocycles. The fraction of sp³-hybridized carbons (Fsp3) is 0.828. The molecule has 2 aliphatic carbocycles. The summed E-state index contributed by atoms with van der Waals surface area (Å²) in [7, 11) is 1.41. The highest BCUT2D eigenvalue weighted by molar-refractivity contribution is 5.69. The molecule has 0 unspecified atom stereocenters. The van der Waals surface area contributed by atoms with Crippen molar-refractivity contribution in [1.82, 2.24) is 0 Å². The Morgan fingerprint density at radius 3 is 2.46 bits per heavy atom. The molecule has 0 aromatic carbocycles. The van der Waals surface area contributed by atoms with E-state index in [1.807, 2.05) is 19.9 Å². The maximum atomic E-state index is 12.0. The van der Waals surface area contributed by atoms with Gasteiger partial charge in [0, 0.05) is 26.2 Å². The van der Waals surface area contributed by atoms with E-state index < -0.39 is 11.4 Å². The molecule has 8 nitrogen and oxygen atoms in total. The molecule has 3 aliphatic rings. The van der Waals surface area contributed by atoms with E-state index in [4.69, 9.17) is 23.7 Å². The van der Waals surface area contributed by atoms with Gasteiger partial charge in [-0.25, -0.2) is 0 Å². The summed E-state index contributed by atoms with van der Waals surface area (Å²) in [6.07, 6.45) is 11.7. The Morgan fingerprint density at radius 1 is 1.05 bits per heavy atom. The van der Waals surface area contributed by atoms with Crippen molar-refractivity contribution in [1.29, 1.82) is 0 Å². The predicted molar refractivity (Wildman–Crippen MR) is 137 cm³/mol. The van der Waals surface area contributed by atoms with Crippen LogP contribution in [0.3, 0.4) is 0 Å². The minimum atomic E-state index is -0.692. The molecule has 0 bridgehead atoms. The van der Waals surface area contributed by atoms with Crippen LogP contribution in [0, 0.1) is 17.8 Å². The lowest BCUT2D eigenvalue weighted by Gasteiger charge is -2.31. The molecule has 0 N–H and O–H groups in total. The average Bonchev–Trinajstić information content (AvgIpc) is 3.36. The van der Waals surface area contributed by atoms with E-state index in [1.165, 1.54) is 21.0 Å². The van der Waals surface area contributed by atoms with Crippen LogP contribution in [0.1, 0.15) is 98.8 Å². The van der Waals surface area contributed by atoms with Crippen LogP contribution in [0.2, 0.25) is 0 Å². The van der Waals surface area contributed by atoms with Crippen LogP contribution in [0.15, 0.2) is 12.2 Å². The highest BCUT2D eigenvalue weighted by atomic mass is 16.8. The number of hydrogen-bond acceptors (Lipinski definition) is 8. The Hall–Kier alpha value is -1.93. The second-order valence-electron chi connectivity index (χ2n) is 11.4. The van der Waals surface area contributed by atoms with E-state index in [-0.39, 0.29) is 54.0 Å². The molecular formula is C29H46O8. The lowest BCUT2D eigenvalue weighted by atomic mass is 9.86. The van der Waals surface area contributed by atoms with Crippen LogP contribution in [0.5, 0.6) is 0 Å². The number of ether oxygens (including phenoxy) is 5. The third-order valence-electron chi connectivity index (χ3n) is 8.06. The Bertz CT molecular complexity index is 836. The summed E-state index contributed by atoms with van der Waals surface area (Å²) in [5.41, 5.74) is -0.432. The Kier molecular flexibility index (Phi) is 10.2. The van der Waals surface area contributed by atoms with E-state index in [1.54, 1.807) is 0 Å². The number of fused-ring (bicyclic) bond motifs is 3. The quantitative estimate of drug-likeness (QED) is 0.140. The van der Waals surface area contributed by atoms with Crippen molar-refractivity contribution in [3.8, 4) is 0 Å². The molecule has 8 heteroatoms. The smallest absolute Gasteiger partial charge is 0.305 e. The molecule has 0 spiro atoms. The number of methoxy groups -OCH3 is 1. The summed E-state index contributed by atoms with van der Waals surface area (Å²) in [4.78, 5) is 35.3. The lowest BCUT2D eigenvalue weighted by Crippen LogP contribution is -2.39. The minimum absolute atomic E-state index is 0.00834. The van der Waals surface area contributed by atoms with Crippen molar-refractivity contribution in [2.24, 2.45) is 17.8 Å². The van der Waals surface area contributed by atoms with E-state index in [0.717, 1.165) is 51.4 Å². The second-order valence-corrected chi connectivity index (χ2v) is 11.4. The molecule has 0 aromatic heterocycles. The first-order valence-corrected chi connectivity index (χ1v) is 14.0. The first-order valence-electron chi connectivity index (χ1n) is 14.0. The number of unbranched alkanes of at least 4 members (excludes halogenated alkanes) is 3. The van der Waals surface area contributed by atoms with Gasteiger partial charge in [0.25, 0.3) is 0 Å². The van der Waals surface area contributed by atoms with Crippen molar-refractivity contribution in [2.75, 3.05) is 7.11 Å². The van der Waals surface area contributed by atoms with Crippen LogP contribution in [0.25, 0.3) is 0 Å². The van der Waals surface area contributed by atoms with Gasteiger partial charge in [-0.1, -0.05) is 25.8 Å². The maximum Gasteiger partial charge on any atom is 0.305 e. The van der Waals surface area contributed by atoms with Crippen LogP contribution < -0.4 is 0 Å². The van der Waals surface area contributed by atoms with Crippen molar-refractivity contribution < 1.29 is 38.1 Å². The molecule has 1 saturated heterocycles. The van der Waals surface area contributed by atoms with E-state index >= 15 is 0 Å². The van der Waals surface area contributed by atoms with Crippen LogP contribution in [0.4, 0.5) is 0 Å². The number of hydrogen-bond donors (Lipinski definition) is 0. The highest BCUT2D eigenvalue weighted by Gasteiger charge is 2.66. The summed E-state index contributed by atoms with van der Waals surface area (Å²) in [6.45, 7) is 8.93. The zero-order chi connectivity index (χ0) is 27.2. The summed E-state index contributed by atoms with van der Waals surface area (Å²) < 4.78 is 29.2. The molecule has 7 atom stereocenters. The number of rotatable bonds is 13. The zero-order valence-electron chi connectivity index (χ0n) is 23.5. The second kappa shape index (κ2) is 12.7. The lowest BCUT2D eigenvalue weighted by molar-refractivity contribution is -0.176. The normalized spacial score (nSPS) is 32.6. The molecule has 1 aliphatic heterocycles. The third-order valence-corrected chi connectivity index (χ3v) is 8.06. The van der Waals surface area contributed by atoms with Gasteiger partial charge in [-0.2, -0.15) is 0 Å². The van der Waals surface area contributed by atoms with Gasteiger partial charge in [0.2, 0.25) is 0 Å². The molecule has 210 valence electrons. The van der Waals surface area contributed by atoms with Gasteiger partial charge < -0.3 is 23.7 Å². The first-order chi connectivity index (χ1) is 17.5. The monoisotopic (exact) mass is 522 g/mol. The van der Waals surface area contributed by atoms with Crippen LogP contribution in [-0.4, -0.2) is 54.7 Å². The average molecular weight is 523 g/mol. The van der Waals surface area contributed by atoms with Crippen LogP contribution >= 0.6 is 0 Å². The summed E-state index contributed by atoms with van der Waals surface area (Å²) in [5, 5.41) is 0. The van der Waals surface area contributed by atoms with Gasteiger partial charge >= 0.3 is 17.9 Å². The topological polar surface area (TPSA) is 97.4 Å². The van der Waals surface area contributed by atoms with Gasteiger partial charge in [-0.3, -0.25) is 14.4 Å². The van der Waals surface area contributed by atoms with Crippen LogP contribution in [-0.2, 0) is 38.1 Å². The van der Waals surface area contributed by atoms with E-state index in [2.05, 4.69) is 13.0 Å².